The Bertz CT molecular complexity index is 1530. The van der Waals surface area contributed by atoms with Crippen LogP contribution in [0.2, 0.25) is 0 Å². The second kappa shape index (κ2) is 9.69. The molecule has 0 aliphatic carbocycles. The van der Waals surface area contributed by atoms with Gasteiger partial charge in [-0.3, -0.25) is 4.79 Å². The van der Waals surface area contributed by atoms with Gasteiger partial charge in [-0.05, 0) is 63.9 Å². The lowest BCUT2D eigenvalue weighted by Crippen LogP contribution is -2.22. The Hall–Kier alpha value is -3.02. The minimum Gasteiger partial charge on any atom is -0.308 e. The second-order valence-electron chi connectivity index (χ2n) is 8.39. The summed E-state index contributed by atoms with van der Waals surface area (Å²) in [6.45, 7) is 10.2. The maximum Gasteiger partial charge on any atom is 0.282 e. The number of nitriles is 1. The number of halogens is 1. The number of nitrogens with zero attached hydrogens (tertiary/aromatic N) is 5. The molecule has 1 aromatic carbocycles. The molecule has 0 saturated heterocycles. The van der Waals surface area contributed by atoms with Crippen LogP contribution >= 0.6 is 27.3 Å². The zero-order chi connectivity index (χ0) is 24.6. The maximum atomic E-state index is 13.3. The van der Waals surface area contributed by atoms with E-state index in [1.165, 1.54) is 4.68 Å². The van der Waals surface area contributed by atoms with E-state index in [2.05, 4.69) is 38.6 Å². The van der Waals surface area contributed by atoms with Gasteiger partial charge in [-0.15, -0.1) is 11.3 Å². The zero-order valence-electron chi connectivity index (χ0n) is 19.9. The van der Waals surface area contributed by atoms with Crippen LogP contribution in [0.1, 0.15) is 58.5 Å². The normalized spacial score (nSPS) is 11.6. The maximum absolute atomic E-state index is 13.3. The Morgan fingerprint density at radius 3 is 2.71 bits per heavy atom. The molecule has 0 aliphatic rings. The molecule has 6 nitrogen and oxygen atoms in total. The van der Waals surface area contributed by atoms with Crippen LogP contribution < -0.4 is 5.56 Å². The molecule has 4 aromatic rings. The molecular weight excluding hydrogens is 510 g/mol. The lowest BCUT2D eigenvalue weighted by atomic mass is 10.2. The van der Waals surface area contributed by atoms with Gasteiger partial charge in [0.2, 0.25) is 0 Å². The Morgan fingerprint density at radius 2 is 2.00 bits per heavy atom. The molecule has 8 heteroatoms. The van der Waals surface area contributed by atoms with E-state index in [1.54, 1.807) is 23.6 Å². The molecule has 0 amide bonds. The van der Waals surface area contributed by atoms with Gasteiger partial charge in [0.15, 0.2) is 0 Å². The first-order valence-electron chi connectivity index (χ1n) is 11.2. The molecule has 0 aliphatic heterocycles. The van der Waals surface area contributed by atoms with Crippen molar-refractivity contribution in [3.63, 3.8) is 0 Å². The first kappa shape index (κ1) is 24.1. The van der Waals surface area contributed by atoms with Crippen LogP contribution in [0, 0.1) is 39.0 Å². The molecule has 0 N–H and O–H groups in total. The summed E-state index contributed by atoms with van der Waals surface area (Å²) in [4.78, 5) is 19.2. The van der Waals surface area contributed by atoms with Gasteiger partial charge in [-0.25, -0.2) is 4.98 Å². The van der Waals surface area contributed by atoms with Crippen molar-refractivity contribution in [2.24, 2.45) is 5.10 Å². The van der Waals surface area contributed by atoms with Gasteiger partial charge >= 0.3 is 0 Å². The third-order valence-corrected chi connectivity index (χ3v) is 7.78. The Balaban J connectivity index is 1.84. The molecule has 0 fully saturated rings. The zero-order valence-corrected chi connectivity index (χ0v) is 22.3. The molecule has 0 atom stereocenters. The van der Waals surface area contributed by atoms with E-state index >= 15 is 0 Å². The molecule has 34 heavy (non-hydrogen) atoms. The van der Waals surface area contributed by atoms with E-state index < -0.39 is 0 Å². The average molecular weight is 536 g/mol. The number of aryl methyl sites for hydroxylation is 3. The smallest absolute Gasteiger partial charge is 0.282 e. The lowest BCUT2D eigenvalue weighted by Gasteiger charge is -2.09. The SMILES string of the molecule is CCCCc1nc2ccc(Br)cc2c(=O)n1N=Cc1cc(C)n(-c2sc(C)c(C)c2C#N)c1C. The van der Waals surface area contributed by atoms with Crippen LogP contribution in [0.3, 0.4) is 0 Å². The van der Waals surface area contributed by atoms with Gasteiger partial charge in [0, 0.05) is 32.7 Å². The summed E-state index contributed by atoms with van der Waals surface area (Å²) in [5.74, 6) is 0.656. The van der Waals surface area contributed by atoms with Crippen LogP contribution in [0.15, 0.2) is 38.6 Å². The van der Waals surface area contributed by atoms with Crippen molar-refractivity contribution in [2.45, 2.75) is 53.9 Å². The number of hydrogen-bond acceptors (Lipinski definition) is 5. The molecule has 0 radical (unpaired) electrons. The van der Waals surface area contributed by atoms with E-state index in [9.17, 15) is 10.1 Å². The predicted octanol–water partition coefficient (Wildman–Crippen LogP) is 6.34. The van der Waals surface area contributed by atoms with E-state index in [0.29, 0.717) is 28.7 Å². The molecule has 0 bridgehead atoms. The summed E-state index contributed by atoms with van der Waals surface area (Å²) < 4.78 is 4.35. The summed E-state index contributed by atoms with van der Waals surface area (Å²) in [6, 6.07) is 9.93. The van der Waals surface area contributed by atoms with E-state index in [4.69, 9.17) is 4.98 Å². The number of thiophene rings is 1. The van der Waals surface area contributed by atoms with Crippen molar-refractivity contribution in [3.05, 3.63) is 77.9 Å². The molecule has 3 aromatic heterocycles. The first-order chi connectivity index (χ1) is 16.3. The number of fused-ring (bicyclic) bond motifs is 1. The molecular formula is C26H26BrN5OS. The first-order valence-corrected chi connectivity index (χ1v) is 12.8. The summed E-state index contributed by atoms with van der Waals surface area (Å²) >= 11 is 5.07. The lowest BCUT2D eigenvalue weighted by molar-refractivity contribution is 0.675. The second-order valence-corrected chi connectivity index (χ2v) is 10.5. The van der Waals surface area contributed by atoms with Gasteiger partial charge in [0.25, 0.3) is 5.56 Å². The minimum absolute atomic E-state index is 0.182. The Labute approximate surface area is 211 Å². The monoisotopic (exact) mass is 535 g/mol. The molecule has 0 saturated carbocycles. The van der Waals surface area contributed by atoms with E-state index in [-0.39, 0.29) is 5.56 Å². The third-order valence-electron chi connectivity index (χ3n) is 6.09. The molecule has 3 heterocycles. The molecule has 0 unspecified atom stereocenters. The van der Waals surface area contributed by atoms with Crippen LogP contribution in [-0.4, -0.2) is 20.4 Å². The molecule has 4 rings (SSSR count). The van der Waals surface area contributed by atoms with Crippen molar-refractivity contribution in [1.82, 2.24) is 14.2 Å². The molecule has 174 valence electrons. The largest absolute Gasteiger partial charge is 0.308 e. The van der Waals surface area contributed by atoms with Gasteiger partial charge in [0.05, 0.1) is 22.7 Å². The number of benzene rings is 1. The third kappa shape index (κ3) is 4.26. The number of unbranched alkanes of at least 4 members (excludes halogenated alkanes) is 1. The van der Waals surface area contributed by atoms with Crippen molar-refractivity contribution in [3.8, 4) is 11.1 Å². The van der Waals surface area contributed by atoms with Crippen molar-refractivity contribution in [2.75, 3.05) is 0 Å². The fourth-order valence-electron chi connectivity index (χ4n) is 4.06. The average Bonchev–Trinajstić information content (AvgIpc) is 3.25. The van der Waals surface area contributed by atoms with E-state index in [1.807, 2.05) is 45.9 Å². The van der Waals surface area contributed by atoms with Crippen LogP contribution in [0.4, 0.5) is 0 Å². The van der Waals surface area contributed by atoms with E-state index in [0.717, 1.165) is 49.7 Å². The highest BCUT2D eigenvalue weighted by molar-refractivity contribution is 9.10. The number of rotatable bonds is 6. The summed E-state index contributed by atoms with van der Waals surface area (Å²) in [6.07, 6.45) is 4.32. The highest BCUT2D eigenvalue weighted by Gasteiger charge is 2.18. The van der Waals surface area contributed by atoms with Gasteiger partial charge in [-0.2, -0.15) is 15.0 Å². The Morgan fingerprint density at radius 1 is 1.24 bits per heavy atom. The van der Waals surface area contributed by atoms with Crippen LogP contribution in [0.5, 0.6) is 0 Å². The highest BCUT2D eigenvalue weighted by Crippen LogP contribution is 2.33. The fourth-order valence-corrected chi connectivity index (χ4v) is 5.64. The molecule has 0 spiro atoms. The van der Waals surface area contributed by atoms with Crippen LogP contribution in [0.25, 0.3) is 15.9 Å². The fraction of sp³-hybridized carbons (Fsp3) is 0.308. The van der Waals surface area contributed by atoms with Crippen LogP contribution in [-0.2, 0) is 6.42 Å². The highest BCUT2D eigenvalue weighted by atomic mass is 79.9. The standard InChI is InChI=1S/C26H26BrN5OS/c1-6-7-8-24-30-23-10-9-20(27)12-21(23)25(33)32(24)29-14-19-11-15(2)31(17(19)4)26-22(13-28)16(3)18(5)34-26/h9-12,14H,6-8H2,1-5H3. The van der Waals surface area contributed by atoms with Gasteiger partial charge in [0.1, 0.15) is 16.9 Å². The van der Waals surface area contributed by atoms with Crippen molar-refractivity contribution < 1.29 is 0 Å². The summed E-state index contributed by atoms with van der Waals surface area (Å²) in [7, 11) is 0. The van der Waals surface area contributed by atoms with Gasteiger partial charge in [-0.1, -0.05) is 29.3 Å². The predicted molar refractivity (Wildman–Crippen MR) is 143 cm³/mol. The summed E-state index contributed by atoms with van der Waals surface area (Å²) in [5.41, 5.74) is 5.10. The van der Waals surface area contributed by atoms with Crippen molar-refractivity contribution in [1.29, 1.82) is 5.26 Å². The Kier molecular flexibility index (Phi) is 6.87. The van der Waals surface area contributed by atoms with Gasteiger partial charge < -0.3 is 4.57 Å². The topological polar surface area (TPSA) is 76.0 Å². The number of hydrogen-bond donors (Lipinski definition) is 0. The number of aromatic nitrogens is 3. The minimum atomic E-state index is -0.182. The van der Waals surface area contributed by atoms with Crippen molar-refractivity contribution >= 4 is 44.4 Å². The summed E-state index contributed by atoms with van der Waals surface area (Å²) in [5, 5.41) is 15.8. The quantitative estimate of drug-likeness (QED) is 0.270.